The van der Waals surface area contributed by atoms with Crippen molar-refractivity contribution in [2.24, 2.45) is 0 Å². The molecule has 0 aromatic carbocycles. The molecule has 106 valence electrons. The van der Waals surface area contributed by atoms with Gasteiger partial charge in [-0.05, 0) is 13.3 Å². The van der Waals surface area contributed by atoms with E-state index >= 15 is 0 Å². The fourth-order valence-electron chi connectivity index (χ4n) is 1.65. The summed E-state index contributed by atoms with van der Waals surface area (Å²) in [6, 6.07) is 0. The van der Waals surface area contributed by atoms with Crippen molar-refractivity contribution in [2.45, 2.75) is 33.4 Å². The third kappa shape index (κ3) is 2.95. The summed E-state index contributed by atoms with van der Waals surface area (Å²) >= 11 is 0. The second kappa shape index (κ2) is 6.07. The molecule has 0 aliphatic rings. The number of hydrogen-bond donors (Lipinski definition) is 2. The van der Waals surface area contributed by atoms with E-state index in [9.17, 15) is 14.4 Å². The van der Waals surface area contributed by atoms with Gasteiger partial charge in [0, 0.05) is 6.54 Å². The molecular formula is C11H18N4O4. The molecule has 0 aliphatic carbocycles. The molecule has 0 bridgehead atoms. The molecule has 0 amide bonds. The summed E-state index contributed by atoms with van der Waals surface area (Å²) in [5, 5.41) is 0. The Morgan fingerprint density at radius 2 is 1.84 bits per heavy atom. The van der Waals surface area contributed by atoms with E-state index in [1.165, 1.54) is 4.57 Å². The number of anilines is 2. The summed E-state index contributed by atoms with van der Waals surface area (Å²) in [6.45, 7) is 3.50. The predicted octanol–water partition coefficient (Wildman–Crippen LogP) is -0.852. The molecule has 19 heavy (non-hydrogen) atoms. The molecular weight excluding hydrogens is 252 g/mol. The van der Waals surface area contributed by atoms with Gasteiger partial charge in [-0.15, -0.1) is 0 Å². The lowest BCUT2D eigenvalue weighted by Crippen LogP contribution is -2.44. The quantitative estimate of drug-likeness (QED) is 0.672. The van der Waals surface area contributed by atoms with Crippen LogP contribution in [0.15, 0.2) is 9.59 Å². The van der Waals surface area contributed by atoms with Gasteiger partial charge in [0.15, 0.2) is 0 Å². The van der Waals surface area contributed by atoms with Crippen molar-refractivity contribution in [1.82, 2.24) is 9.13 Å². The smallest absolute Gasteiger partial charge is 0.333 e. The Kier molecular flexibility index (Phi) is 4.74. The monoisotopic (exact) mass is 270 g/mol. The van der Waals surface area contributed by atoms with E-state index in [0.717, 1.165) is 4.57 Å². The predicted molar refractivity (Wildman–Crippen MR) is 70.7 cm³/mol. The SMILES string of the molecule is CCCn1c(N)c(N)c(=O)n(CC(=O)OCC)c1=O. The molecule has 0 saturated heterocycles. The average Bonchev–Trinajstić information content (AvgIpc) is 2.38. The summed E-state index contributed by atoms with van der Waals surface area (Å²) < 4.78 is 6.62. The number of nitrogens with two attached hydrogens (primary N) is 2. The molecule has 0 spiro atoms. The highest BCUT2D eigenvalue weighted by molar-refractivity contribution is 5.69. The van der Waals surface area contributed by atoms with E-state index in [-0.39, 0.29) is 18.1 Å². The summed E-state index contributed by atoms with van der Waals surface area (Å²) in [4.78, 5) is 35.3. The molecule has 4 N–H and O–H groups in total. The van der Waals surface area contributed by atoms with Crippen LogP contribution in [-0.4, -0.2) is 21.7 Å². The number of rotatable bonds is 5. The van der Waals surface area contributed by atoms with Gasteiger partial charge < -0.3 is 16.2 Å². The van der Waals surface area contributed by atoms with Crippen molar-refractivity contribution in [3.63, 3.8) is 0 Å². The Bertz CT molecular complexity index is 588. The van der Waals surface area contributed by atoms with Crippen LogP contribution in [0.4, 0.5) is 11.5 Å². The molecule has 8 heteroatoms. The number of carbonyl (C=O) groups excluding carboxylic acids is 1. The Hall–Kier alpha value is -2.25. The van der Waals surface area contributed by atoms with Crippen molar-refractivity contribution in [3.8, 4) is 0 Å². The first-order chi connectivity index (χ1) is 8.93. The Balaban J connectivity index is 3.36. The van der Waals surface area contributed by atoms with Crippen molar-refractivity contribution < 1.29 is 9.53 Å². The number of esters is 1. The maximum absolute atomic E-state index is 12.1. The lowest BCUT2D eigenvalue weighted by Gasteiger charge is -2.13. The summed E-state index contributed by atoms with van der Waals surface area (Å²) in [5.74, 6) is -0.745. The molecule has 0 atom stereocenters. The first-order valence-electron chi connectivity index (χ1n) is 5.98. The molecule has 0 radical (unpaired) electrons. The van der Waals surface area contributed by atoms with Gasteiger partial charge in [0.1, 0.15) is 18.1 Å². The van der Waals surface area contributed by atoms with Crippen molar-refractivity contribution in [2.75, 3.05) is 18.1 Å². The van der Waals surface area contributed by atoms with Crippen molar-refractivity contribution >= 4 is 17.5 Å². The van der Waals surface area contributed by atoms with Crippen LogP contribution < -0.4 is 22.7 Å². The number of nitrogens with zero attached hydrogens (tertiary/aromatic N) is 2. The second-order valence-corrected chi connectivity index (χ2v) is 3.93. The molecule has 1 aromatic rings. The average molecular weight is 270 g/mol. The minimum absolute atomic E-state index is 0.0723. The summed E-state index contributed by atoms with van der Waals surface area (Å²) in [7, 11) is 0. The topological polar surface area (TPSA) is 122 Å². The Morgan fingerprint density at radius 3 is 2.37 bits per heavy atom. The highest BCUT2D eigenvalue weighted by Gasteiger charge is 2.16. The fourth-order valence-corrected chi connectivity index (χ4v) is 1.65. The second-order valence-electron chi connectivity index (χ2n) is 3.93. The minimum Gasteiger partial charge on any atom is -0.465 e. The molecule has 8 nitrogen and oxygen atoms in total. The highest BCUT2D eigenvalue weighted by atomic mass is 16.5. The molecule has 1 aromatic heterocycles. The van der Waals surface area contributed by atoms with E-state index in [1.807, 2.05) is 6.92 Å². The van der Waals surface area contributed by atoms with Gasteiger partial charge in [0.05, 0.1) is 6.61 Å². The molecule has 1 heterocycles. The Morgan fingerprint density at radius 1 is 1.21 bits per heavy atom. The van der Waals surface area contributed by atoms with Crippen LogP contribution >= 0.6 is 0 Å². The van der Waals surface area contributed by atoms with Crippen LogP contribution in [0.2, 0.25) is 0 Å². The van der Waals surface area contributed by atoms with Crippen LogP contribution in [0.3, 0.4) is 0 Å². The van der Waals surface area contributed by atoms with Gasteiger partial charge in [-0.25, -0.2) is 9.36 Å². The molecule has 0 fully saturated rings. The van der Waals surface area contributed by atoms with E-state index in [1.54, 1.807) is 6.92 Å². The lowest BCUT2D eigenvalue weighted by molar-refractivity contribution is -0.143. The number of nitrogen functional groups attached to an aromatic ring is 2. The number of aromatic nitrogens is 2. The largest absolute Gasteiger partial charge is 0.465 e. The molecule has 0 aliphatic heterocycles. The van der Waals surface area contributed by atoms with Crippen molar-refractivity contribution in [1.29, 1.82) is 0 Å². The Labute approximate surface area is 109 Å². The van der Waals surface area contributed by atoms with Crippen LogP contribution in [0, 0.1) is 0 Å². The van der Waals surface area contributed by atoms with Gasteiger partial charge in [-0.2, -0.15) is 0 Å². The normalized spacial score (nSPS) is 10.4. The number of hydrogen-bond acceptors (Lipinski definition) is 6. The number of ether oxygens (including phenoxy) is 1. The van der Waals surface area contributed by atoms with E-state index < -0.39 is 23.8 Å². The van der Waals surface area contributed by atoms with Crippen LogP contribution in [0.5, 0.6) is 0 Å². The third-order valence-electron chi connectivity index (χ3n) is 2.54. The fraction of sp³-hybridized carbons (Fsp3) is 0.545. The van der Waals surface area contributed by atoms with Gasteiger partial charge in [-0.1, -0.05) is 6.92 Å². The van der Waals surface area contributed by atoms with Crippen molar-refractivity contribution in [3.05, 3.63) is 20.8 Å². The van der Waals surface area contributed by atoms with Gasteiger partial charge >= 0.3 is 11.7 Å². The zero-order valence-electron chi connectivity index (χ0n) is 11.0. The van der Waals surface area contributed by atoms with Crippen LogP contribution in [0.1, 0.15) is 20.3 Å². The molecule has 0 saturated carbocycles. The molecule has 0 unspecified atom stereocenters. The zero-order chi connectivity index (χ0) is 14.6. The van der Waals surface area contributed by atoms with Gasteiger partial charge in [0.2, 0.25) is 0 Å². The first-order valence-corrected chi connectivity index (χ1v) is 5.98. The standard InChI is InChI=1S/C11H18N4O4/c1-3-5-14-9(13)8(12)10(17)15(11(14)18)6-7(16)19-4-2/h3-6,12-13H2,1-2H3. The highest BCUT2D eigenvalue weighted by Crippen LogP contribution is 2.06. The number of carbonyl (C=O) groups is 1. The molecule has 1 rings (SSSR count). The first kappa shape index (κ1) is 14.8. The van der Waals surface area contributed by atoms with Crippen LogP contribution in [-0.2, 0) is 22.6 Å². The van der Waals surface area contributed by atoms with Gasteiger partial charge in [0.25, 0.3) is 5.56 Å². The van der Waals surface area contributed by atoms with E-state index in [0.29, 0.717) is 13.0 Å². The summed E-state index contributed by atoms with van der Waals surface area (Å²) in [5.41, 5.74) is 9.53. The maximum atomic E-state index is 12.1. The zero-order valence-corrected chi connectivity index (χ0v) is 11.0. The van der Waals surface area contributed by atoms with E-state index in [2.05, 4.69) is 0 Å². The van der Waals surface area contributed by atoms with Crippen LogP contribution in [0.25, 0.3) is 0 Å². The lowest BCUT2D eigenvalue weighted by atomic mass is 10.4. The third-order valence-corrected chi connectivity index (χ3v) is 2.54. The maximum Gasteiger partial charge on any atom is 0.333 e. The van der Waals surface area contributed by atoms with E-state index in [4.69, 9.17) is 16.2 Å². The minimum atomic E-state index is -0.775. The summed E-state index contributed by atoms with van der Waals surface area (Å²) in [6.07, 6.45) is 0.640. The van der Waals surface area contributed by atoms with Gasteiger partial charge in [-0.3, -0.25) is 14.2 Å².